The summed E-state index contributed by atoms with van der Waals surface area (Å²) >= 11 is 0. The van der Waals surface area contributed by atoms with Gasteiger partial charge in [0.05, 0.1) is 0 Å². The summed E-state index contributed by atoms with van der Waals surface area (Å²) in [5.41, 5.74) is 0.382. The maximum Gasteiger partial charge on any atom is 0.192 e. The summed E-state index contributed by atoms with van der Waals surface area (Å²) in [7, 11) is -1.69. The standard InChI is InChI=1S/C19H38O2Si/c1-14(13-20)15-10-11-16-17(9-8-12-19(15,16)5)21-22(6,7)18(2,3)4/h14-17,20H,8-13H2,1-7H3/t14-,15?,16-,17-,19+/m0/s1. The van der Waals surface area contributed by atoms with E-state index in [-0.39, 0.29) is 5.04 Å². The molecule has 0 spiro atoms. The lowest BCUT2D eigenvalue weighted by atomic mass is 9.62. The first-order valence-corrected chi connectivity index (χ1v) is 12.2. The van der Waals surface area contributed by atoms with Crippen molar-refractivity contribution >= 4 is 8.32 Å². The van der Waals surface area contributed by atoms with Crippen LogP contribution in [0.15, 0.2) is 0 Å². The molecule has 2 fully saturated rings. The average molecular weight is 327 g/mol. The molecule has 2 aliphatic rings. The molecule has 0 radical (unpaired) electrons. The van der Waals surface area contributed by atoms with Crippen LogP contribution < -0.4 is 0 Å². The Bertz CT molecular complexity index is 387. The molecule has 1 unspecified atom stereocenters. The molecule has 5 atom stereocenters. The third kappa shape index (κ3) is 3.18. The first-order chi connectivity index (χ1) is 10.0. The maximum atomic E-state index is 9.63. The van der Waals surface area contributed by atoms with Gasteiger partial charge in [-0.2, -0.15) is 0 Å². The Morgan fingerprint density at radius 2 is 1.86 bits per heavy atom. The summed E-state index contributed by atoms with van der Waals surface area (Å²) in [6, 6.07) is 0. The molecule has 2 aliphatic carbocycles. The number of aliphatic hydroxyl groups excluding tert-OH is 1. The summed E-state index contributed by atoms with van der Waals surface area (Å²) < 4.78 is 6.86. The summed E-state index contributed by atoms with van der Waals surface area (Å²) in [5.74, 6) is 1.81. The van der Waals surface area contributed by atoms with Crippen LogP contribution in [0.5, 0.6) is 0 Å². The molecule has 0 aliphatic heterocycles. The Labute approximate surface area is 139 Å². The molecular formula is C19H38O2Si. The van der Waals surface area contributed by atoms with Crippen molar-refractivity contribution in [3.63, 3.8) is 0 Å². The normalized spacial score (nSPS) is 37.9. The van der Waals surface area contributed by atoms with Crippen molar-refractivity contribution in [3.05, 3.63) is 0 Å². The molecule has 0 amide bonds. The predicted octanol–water partition coefficient (Wildman–Crippen LogP) is 5.22. The van der Waals surface area contributed by atoms with Gasteiger partial charge in [-0.15, -0.1) is 0 Å². The van der Waals surface area contributed by atoms with Crippen LogP contribution in [0.1, 0.15) is 66.7 Å². The molecule has 22 heavy (non-hydrogen) atoms. The highest BCUT2D eigenvalue weighted by molar-refractivity contribution is 6.74. The van der Waals surface area contributed by atoms with Crippen molar-refractivity contribution in [2.45, 2.75) is 91.0 Å². The van der Waals surface area contributed by atoms with E-state index in [9.17, 15) is 5.11 Å². The van der Waals surface area contributed by atoms with E-state index in [2.05, 4.69) is 47.7 Å². The lowest BCUT2D eigenvalue weighted by molar-refractivity contribution is -0.0259. The van der Waals surface area contributed by atoms with Gasteiger partial charge in [0.15, 0.2) is 8.32 Å². The summed E-state index contributed by atoms with van der Waals surface area (Å²) in [5, 5.41) is 9.92. The third-order valence-corrected chi connectivity index (χ3v) is 11.9. The molecule has 130 valence electrons. The fourth-order valence-electron chi connectivity index (χ4n) is 4.92. The van der Waals surface area contributed by atoms with Gasteiger partial charge in [-0.25, -0.2) is 0 Å². The second-order valence-corrected chi connectivity index (χ2v) is 14.5. The van der Waals surface area contributed by atoms with E-state index >= 15 is 0 Å². The average Bonchev–Trinajstić information content (AvgIpc) is 2.74. The zero-order valence-electron chi connectivity index (χ0n) is 15.9. The highest BCUT2D eigenvalue weighted by Crippen LogP contribution is 2.59. The first kappa shape index (κ1) is 18.5. The molecule has 0 bridgehead atoms. The van der Waals surface area contributed by atoms with Gasteiger partial charge in [-0.05, 0) is 67.0 Å². The van der Waals surface area contributed by atoms with E-state index in [1.54, 1.807) is 0 Å². The summed E-state index contributed by atoms with van der Waals surface area (Å²) in [4.78, 5) is 0. The quantitative estimate of drug-likeness (QED) is 0.718. The van der Waals surface area contributed by atoms with Crippen molar-refractivity contribution in [2.24, 2.45) is 23.2 Å². The van der Waals surface area contributed by atoms with Gasteiger partial charge in [0.1, 0.15) is 0 Å². The molecule has 2 saturated carbocycles. The van der Waals surface area contributed by atoms with Crippen molar-refractivity contribution < 1.29 is 9.53 Å². The molecule has 0 aromatic heterocycles. The molecule has 2 rings (SSSR count). The molecule has 2 nitrogen and oxygen atoms in total. The van der Waals surface area contributed by atoms with Crippen LogP contribution in [0.3, 0.4) is 0 Å². The van der Waals surface area contributed by atoms with E-state index in [0.717, 1.165) is 0 Å². The Balaban J connectivity index is 2.17. The Morgan fingerprint density at radius 1 is 1.23 bits per heavy atom. The number of aliphatic hydroxyl groups is 1. The second kappa shape index (κ2) is 6.21. The van der Waals surface area contributed by atoms with Crippen LogP contribution in [-0.4, -0.2) is 26.1 Å². The van der Waals surface area contributed by atoms with Gasteiger partial charge in [-0.1, -0.05) is 41.0 Å². The van der Waals surface area contributed by atoms with Crippen LogP contribution in [0, 0.1) is 23.2 Å². The number of hydrogen-bond donors (Lipinski definition) is 1. The third-order valence-electron chi connectivity index (χ3n) is 7.36. The molecule has 0 saturated heterocycles. The van der Waals surface area contributed by atoms with Gasteiger partial charge in [-0.3, -0.25) is 0 Å². The van der Waals surface area contributed by atoms with Gasteiger partial charge >= 0.3 is 0 Å². The smallest absolute Gasteiger partial charge is 0.192 e. The van der Waals surface area contributed by atoms with Crippen molar-refractivity contribution in [3.8, 4) is 0 Å². The first-order valence-electron chi connectivity index (χ1n) is 9.31. The second-order valence-electron chi connectivity index (χ2n) is 9.76. The Kier molecular flexibility index (Phi) is 5.22. The predicted molar refractivity (Wildman–Crippen MR) is 96.5 cm³/mol. The van der Waals surface area contributed by atoms with E-state index in [0.29, 0.717) is 35.9 Å². The molecular weight excluding hydrogens is 288 g/mol. The number of fused-ring (bicyclic) bond motifs is 1. The monoisotopic (exact) mass is 326 g/mol. The van der Waals surface area contributed by atoms with E-state index < -0.39 is 8.32 Å². The van der Waals surface area contributed by atoms with E-state index in [4.69, 9.17) is 4.43 Å². The number of rotatable bonds is 4. The van der Waals surface area contributed by atoms with Gasteiger partial charge in [0.2, 0.25) is 0 Å². The SMILES string of the molecule is C[C@@H](CO)C1CC[C@H]2[C@@H](O[Si](C)(C)C(C)(C)C)CCC[C@]12C. The van der Waals surface area contributed by atoms with Gasteiger partial charge < -0.3 is 9.53 Å². The van der Waals surface area contributed by atoms with Crippen LogP contribution in [0.4, 0.5) is 0 Å². The van der Waals surface area contributed by atoms with Crippen molar-refractivity contribution in [2.75, 3.05) is 6.61 Å². The zero-order valence-corrected chi connectivity index (χ0v) is 16.9. The molecule has 1 N–H and O–H groups in total. The van der Waals surface area contributed by atoms with E-state index in [1.807, 2.05) is 0 Å². The lowest BCUT2D eigenvalue weighted by Gasteiger charge is -2.49. The fraction of sp³-hybridized carbons (Fsp3) is 1.00. The van der Waals surface area contributed by atoms with Crippen LogP contribution in [0.25, 0.3) is 0 Å². The minimum atomic E-state index is -1.69. The summed E-state index contributed by atoms with van der Waals surface area (Å²) in [6.07, 6.45) is 6.89. The minimum absolute atomic E-state index is 0.289. The maximum absolute atomic E-state index is 9.63. The van der Waals surface area contributed by atoms with E-state index in [1.165, 1.54) is 32.1 Å². The zero-order chi connectivity index (χ0) is 16.8. The Hall–Kier alpha value is 0.137. The highest BCUT2D eigenvalue weighted by atomic mass is 28.4. The largest absolute Gasteiger partial charge is 0.414 e. The van der Waals surface area contributed by atoms with Crippen molar-refractivity contribution in [1.29, 1.82) is 0 Å². The molecule has 3 heteroatoms. The minimum Gasteiger partial charge on any atom is -0.414 e. The molecule has 0 aromatic rings. The van der Waals surface area contributed by atoms with Crippen molar-refractivity contribution in [1.82, 2.24) is 0 Å². The van der Waals surface area contributed by atoms with Gasteiger partial charge in [0.25, 0.3) is 0 Å². The molecule has 0 aromatic carbocycles. The lowest BCUT2D eigenvalue weighted by Crippen LogP contribution is -2.50. The van der Waals surface area contributed by atoms with Crippen LogP contribution >= 0.6 is 0 Å². The van der Waals surface area contributed by atoms with Crippen LogP contribution in [0.2, 0.25) is 18.1 Å². The molecule has 0 heterocycles. The summed E-state index contributed by atoms with van der Waals surface area (Å²) in [6.45, 7) is 16.9. The topological polar surface area (TPSA) is 29.5 Å². The number of hydrogen-bond acceptors (Lipinski definition) is 2. The fourth-order valence-corrected chi connectivity index (χ4v) is 6.31. The van der Waals surface area contributed by atoms with Gasteiger partial charge in [0, 0.05) is 12.7 Å². The highest BCUT2D eigenvalue weighted by Gasteiger charge is 2.54. The Morgan fingerprint density at radius 3 is 2.41 bits per heavy atom. The van der Waals surface area contributed by atoms with Crippen LogP contribution in [-0.2, 0) is 4.43 Å².